The summed E-state index contributed by atoms with van der Waals surface area (Å²) in [5.41, 5.74) is 2.26. The summed E-state index contributed by atoms with van der Waals surface area (Å²) in [5, 5.41) is 0.927. The first-order chi connectivity index (χ1) is 12.4. The molecule has 0 radical (unpaired) electrons. The average Bonchev–Trinajstić information content (AvgIpc) is 2.86. The third-order valence-electron chi connectivity index (χ3n) is 4.20. The fourth-order valence-corrected chi connectivity index (χ4v) is 3.71. The smallest absolute Gasteiger partial charge is 0.263 e. The SMILES string of the molecule is Cc1c(OCCN(C)C)c2cc(Br)ccc2n1C(=O)c1ccccc1Br. The van der Waals surface area contributed by atoms with Gasteiger partial charge in [-0.1, -0.05) is 28.1 Å². The number of carbonyl (C=O) groups is 1. The fraction of sp³-hybridized carbons (Fsp3) is 0.250. The minimum Gasteiger partial charge on any atom is -0.490 e. The van der Waals surface area contributed by atoms with Crippen molar-refractivity contribution >= 4 is 48.7 Å². The van der Waals surface area contributed by atoms with Crippen LogP contribution >= 0.6 is 31.9 Å². The van der Waals surface area contributed by atoms with Gasteiger partial charge >= 0.3 is 0 Å². The number of carbonyl (C=O) groups excluding carboxylic acids is 1. The molecule has 0 aliphatic heterocycles. The van der Waals surface area contributed by atoms with Crippen molar-refractivity contribution in [2.75, 3.05) is 27.2 Å². The van der Waals surface area contributed by atoms with Gasteiger partial charge in [0.15, 0.2) is 0 Å². The summed E-state index contributed by atoms with van der Waals surface area (Å²) in [7, 11) is 4.01. The number of rotatable bonds is 5. The lowest BCUT2D eigenvalue weighted by atomic mass is 10.2. The van der Waals surface area contributed by atoms with Gasteiger partial charge < -0.3 is 9.64 Å². The van der Waals surface area contributed by atoms with Crippen LogP contribution < -0.4 is 4.74 Å². The Labute approximate surface area is 170 Å². The molecule has 26 heavy (non-hydrogen) atoms. The lowest BCUT2D eigenvalue weighted by Crippen LogP contribution is -2.19. The number of ether oxygens (including phenoxy) is 1. The van der Waals surface area contributed by atoms with Gasteiger partial charge in [0.1, 0.15) is 12.4 Å². The van der Waals surface area contributed by atoms with Crippen molar-refractivity contribution < 1.29 is 9.53 Å². The number of nitrogens with zero attached hydrogens (tertiary/aromatic N) is 2. The van der Waals surface area contributed by atoms with Gasteiger partial charge in [0.2, 0.25) is 0 Å². The summed E-state index contributed by atoms with van der Waals surface area (Å²) in [6.07, 6.45) is 0. The van der Waals surface area contributed by atoms with Gasteiger partial charge in [-0.3, -0.25) is 9.36 Å². The quantitative estimate of drug-likeness (QED) is 0.510. The van der Waals surface area contributed by atoms with E-state index in [1.807, 2.05) is 63.5 Å². The van der Waals surface area contributed by atoms with Crippen molar-refractivity contribution in [2.24, 2.45) is 0 Å². The molecule has 2 aromatic carbocycles. The van der Waals surface area contributed by atoms with Crippen LogP contribution in [0.25, 0.3) is 10.9 Å². The van der Waals surface area contributed by atoms with Crippen LogP contribution in [0.15, 0.2) is 51.4 Å². The Balaban J connectivity index is 2.12. The number of likely N-dealkylation sites (N-methyl/N-ethyl adjacent to an activating group) is 1. The second-order valence-corrected chi connectivity index (χ2v) is 8.12. The van der Waals surface area contributed by atoms with Crippen molar-refractivity contribution in [1.82, 2.24) is 9.47 Å². The second kappa shape index (κ2) is 7.94. The molecule has 136 valence electrons. The molecule has 0 atom stereocenters. The van der Waals surface area contributed by atoms with Crippen LogP contribution in [0.1, 0.15) is 16.1 Å². The topological polar surface area (TPSA) is 34.5 Å². The zero-order valence-corrected chi connectivity index (χ0v) is 18.1. The third-order valence-corrected chi connectivity index (χ3v) is 5.39. The van der Waals surface area contributed by atoms with Gasteiger partial charge in [-0.15, -0.1) is 0 Å². The maximum Gasteiger partial charge on any atom is 0.263 e. The largest absolute Gasteiger partial charge is 0.490 e. The molecule has 3 rings (SSSR count). The van der Waals surface area contributed by atoms with E-state index in [1.54, 1.807) is 4.57 Å². The van der Waals surface area contributed by atoms with Crippen LogP contribution in [0.4, 0.5) is 0 Å². The fourth-order valence-electron chi connectivity index (χ4n) is 2.89. The number of aromatic nitrogens is 1. The van der Waals surface area contributed by atoms with E-state index in [2.05, 4.69) is 36.8 Å². The lowest BCUT2D eigenvalue weighted by Gasteiger charge is -2.12. The summed E-state index contributed by atoms with van der Waals surface area (Å²) in [5.74, 6) is 0.674. The van der Waals surface area contributed by atoms with Crippen molar-refractivity contribution in [3.63, 3.8) is 0 Å². The number of fused-ring (bicyclic) bond motifs is 1. The van der Waals surface area contributed by atoms with Crippen LogP contribution in [-0.2, 0) is 0 Å². The van der Waals surface area contributed by atoms with Crippen LogP contribution in [0, 0.1) is 6.92 Å². The highest BCUT2D eigenvalue weighted by molar-refractivity contribution is 9.10. The van der Waals surface area contributed by atoms with Crippen molar-refractivity contribution in [3.05, 3.63) is 62.7 Å². The molecule has 0 aliphatic carbocycles. The Morgan fingerprint density at radius 1 is 1.15 bits per heavy atom. The predicted molar refractivity (Wildman–Crippen MR) is 112 cm³/mol. The average molecular weight is 480 g/mol. The number of halogens is 2. The Kier molecular flexibility index (Phi) is 5.85. The van der Waals surface area contributed by atoms with Crippen LogP contribution in [-0.4, -0.2) is 42.6 Å². The molecule has 4 nitrogen and oxygen atoms in total. The lowest BCUT2D eigenvalue weighted by molar-refractivity contribution is 0.0961. The standard InChI is InChI=1S/C20H20Br2N2O2/c1-13-19(26-11-10-23(2)3)16-12-14(21)8-9-18(16)24(13)20(25)15-6-4-5-7-17(15)22/h4-9,12H,10-11H2,1-3H3. The number of hydrogen-bond acceptors (Lipinski definition) is 3. The number of benzene rings is 2. The molecule has 6 heteroatoms. The van der Waals surface area contributed by atoms with Gasteiger partial charge in [0, 0.05) is 20.9 Å². The highest BCUT2D eigenvalue weighted by atomic mass is 79.9. The van der Waals surface area contributed by atoms with E-state index < -0.39 is 0 Å². The van der Waals surface area contributed by atoms with Crippen LogP contribution in [0.3, 0.4) is 0 Å². The molecule has 0 fully saturated rings. The summed E-state index contributed by atoms with van der Waals surface area (Å²) < 4.78 is 9.52. The first kappa shape index (κ1) is 19.1. The minimum atomic E-state index is -0.0789. The Bertz CT molecular complexity index is 964. The molecule has 0 saturated heterocycles. The van der Waals surface area contributed by atoms with Gasteiger partial charge in [-0.2, -0.15) is 0 Å². The molecule has 3 aromatic rings. The van der Waals surface area contributed by atoms with Crippen molar-refractivity contribution in [3.8, 4) is 5.75 Å². The zero-order valence-electron chi connectivity index (χ0n) is 14.9. The molecular formula is C20H20Br2N2O2. The zero-order chi connectivity index (χ0) is 18.8. The monoisotopic (exact) mass is 478 g/mol. The van der Waals surface area contributed by atoms with Gasteiger partial charge in [-0.05, 0) is 67.3 Å². The Hall–Kier alpha value is -1.63. The summed E-state index contributed by atoms with van der Waals surface area (Å²) in [4.78, 5) is 15.3. The van der Waals surface area contributed by atoms with Gasteiger partial charge in [0.05, 0.1) is 16.8 Å². The normalized spacial score (nSPS) is 11.3. The first-order valence-corrected chi connectivity index (χ1v) is 9.86. The maximum atomic E-state index is 13.2. The van der Waals surface area contributed by atoms with E-state index in [0.717, 1.165) is 37.8 Å². The molecular weight excluding hydrogens is 460 g/mol. The van der Waals surface area contributed by atoms with E-state index in [1.165, 1.54) is 0 Å². The molecule has 0 bridgehead atoms. The van der Waals surface area contributed by atoms with E-state index in [4.69, 9.17) is 4.74 Å². The molecule has 0 unspecified atom stereocenters. The Morgan fingerprint density at radius 2 is 1.88 bits per heavy atom. The molecule has 0 amide bonds. The third kappa shape index (κ3) is 3.72. The Morgan fingerprint density at radius 3 is 2.58 bits per heavy atom. The molecule has 1 aromatic heterocycles. The molecule has 0 saturated carbocycles. The first-order valence-electron chi connectivity index (χ1n) is 8.27. The van der Waals surface area contributed by atoms with Crippen molar-refractivity contribution in [1.29, 1.82) is 0 Å². The predicted octanol–water partition coefficient (Wildman–Crippen LogP) is 5.10. The summed E-state index contributed by atoms with van der Waals surface area (Å²) in [6, 6.07) is 13.3. The molecule has 1 heterocycles. The van der Waals surface area contributed by atoms with Gasteiger partial charge in [-0.25, -0.2) is 0 Å². The van der Waals surface area contributed by atoms with E-state index in [9.17, 15) is 4.79 Å². The van der Waals surface area contributed by atoms with E-state index in [-0.39, 0.29) is 5.91 Å². The molecule has 0 spiro atoms. The maximum absolute atomic E-state index is 13.2. The number of hydrogen-bond donors (Lipinski definition) is 0. The van der Waals surface area contributed by atoms with E-state index >= 15 is 0 Å². The second-order valence-electron chi connectivity index (χ2n) is 6.35. The summed E-state index contributed by atoms with van der Waals surface area (Å²) in [6.45, 7) is 3.29. The highest BCUT2D eigenvalue weighted by Crippen LogP contribution is 2.35. The van der Waals surface area contributed by atoms with Crippen molar-refractivity contribution in [2.45, 2.75) is 6.92 Å². The molecule has 0 aliphatic rings. The van der Waals surface area contributed by atoms with E-state index in [0.29, 0.717) is 12.2 Å². The minimum absolute atomic E-state index is 0.0789. The summed E-state index contributed by atoms with van der Waals surface area (Å²) >= 11 is 7.00. The van der Waals surface area contributed by atoms with Crippen LogP contribution in [0.2, 0.25) is 0 Å². The van der Waals surface area contributed by atoms with Gasteiger partial charge in [0.25, 0.3) is 5.91 Å². The highest BCUT2D eigenvalue weighted by Gasteiger charge is 2.22. The van der Waals surface area contributed by atoms with Crippen LogP contribution in [0.5, 0.6) is 5.75 Å². The molecule has 0 N–H and O–H groups in total.